The van der Waals surface area contributed by atoms with Gasteiger partial charge in [-0.1, -0.05) is 0 Å². The predicted molar refractivity (Wildman–Crippen MR) is 37.1 cm³/mol. The molecule has 1 fully saturated rings. The van der Waals surface area contributed by atoms with Crippen LogP contribution >= 0.6 is 0 Å². The van der Waals surface area contributed by atoms with Crippen molar-refractivity contribution >= 4 is 11.9 Å². The molecule has 0 radical (unpaired) electrons. The number of nitrogens with one attached hydrogen (secondary N) is 2. The van der Waals surface area contributed by atoms with Crippen LogP contribution < -0.4 is 10.6 Å². The second-order valence-electron chi connectivity index (χ2n) is 2.40. The molecule has 1 rings (SSSR count). The molecule has 3 N–H and O–H groups in total. The fraction of sp³-hybridized carbons (Fsp3) is 0.667. The van der Waals surface area contributed by atoms with E-state index in [1.807, 2.05) is 0 Å². The lowest BCUT2D eigenvalue weighted by atomic mass is 10.1. The Bertz CT molecular complexity index is 181. The maximum Gasteiger partial charge on any atom is 0.305 e. The molecule has 1 aliphatic rings. The highest BCUT2D eigenvalue weighted by Gasteiger charge is 2.23. The van der Waals surface area contributed by atoms with Crippen molar-refractivity contribution in [3.63, 3.8) is 0 Å². The first kappa shape index (κ1) is 8.00. The summed E-state index contributed by atoms with van der Waals surface area (Å²) in [6, 6.07) is -0.554. The number of carboxylic acids is 1. The quantitative estimate of drug-likeness (QED) is 0.459. The zero-order valence-corrected chi connectivity index (χ0v) is 5.96. The van der Waals surface area contributed by atoms with Gasteiger partial charge in [-0.25, -0.2) is 0 Å². The molecule has 0 unspecified atom stereocenters. The predicted octanol–water partition coefficient (Wildman–Crippen LogP) is -1.45. The highest BCUT2D eigenvalue weighted by molar-refractivity contribution is 5.86. The van der Waals surface area contributed by atoms with Crippen molar-refractivity contribution in [2.45, 2.75) is 12.5 Å². The summed E-state index contributed by atoms with van der Waals surface area (Å²) in [6.45, 7) is 1.22. The van der Waals surface area contributed by atoms with Gasteiger partial charge in [0.25, 0.3) is 0 Å². The average Bonchev–Trinajstić information content (AvgIpc) is 1.93. The van der Waals surface area contributed by atoms with E-state index < -0.39 is 12.0 Å². The van der Waals surface area contributed by atoms with E-state index in [9.17, 15) is 9.59 Å². The van der Waals surface area contributed by atoms with Crippen LogP contribution in [-0.4, -0.2) is 36.1 Å². The van der Waals surface area contributed by atoms with Gasteiger partial charge >= 0.3 is 5.97 Å². The van der Waals surface area contributed by atoms with E-state index in [0.29, 0.717) is 13.1 Å². The molecular formula is C6H10N2O3. The molecule has 5 nitrogen and oxygen atoms in total. The zero-order valence-electron chi connectivity index (χ0n) is 5.96. The van der Waals surface area contributed by atoms with Crippen LogP contribution in [0.1, 0.15) is 6.42 Å². The third-order valence-electron chi connectivity index (χ3n) is 1.51. The van der Waals surface area contributed by atoms with Crippen molar-refractivity contribution in [1.82, 2.24) is 10.6 Å². The Labute approximate surface area is 63.8 Å². The standard InChI is InChI=1S/C6H10N2O3/c9-5(10)3-4-6(11)8-2-1-7-4/h4,7H,1-3H2,(H,8,11)(H,9,10)/t4-/m1/s1. The van der Waals surface area contributed by atoms with E-state index in [4.69, 9.17) is 5.11 Å². The van der Waals surface area contributed by atoms with Gasteiger partial charge in [0.1, 0.15) is 0 Å². The Morgan fingerprint density at radius 3 is 2.91 bits per heavy atom. The molecule has 11 heavy (non-hydrogen) atoms. The molecule has 5 heteroatoms. The molecule has 0 aromatic heterocycles. The SMILES string of the molecule is O=C(O)C[C@H]1NCCNC1=O. The van der Waals surface area contributed by atoms with Crippen molar-refractivity contribution < 1.29 is 14.7 Å². The number of carboxylic acid groups (broad SMARTS) is 1. The Morgan fingerprint density at radius 2 is 2.36 bits per heavy atom. The highest BCUT2D eigenvalue weighted by atomic mass is 16.4. The summed E-state index contributed by atoms with van der Waals surface area (Å²) in [5, 5.41) is 13.7. The normalized spacial score (nSPS) is 24.4. The van der Waals surface area contributed by atoms with Gasteiger partial charge < -0.3 is 15.7 Å². The first-order valence-corrected chi connectivity index (χ1v) is 3.43. The Hall–Kier alpha value is -1.10. The van der Waals surface area contributed by atoms with Crippen LogP contribution in [-0.2, 0) is 9.59 Å². The summed E-state index contributed by atoms with van der Waals surface area (Å²) in [5.41, 5.74) is 0. The molecule has 62 valence electrons. The first-order chi connectivity index (χ1) is 5.20. The lowest BCUT2D eigenvalue weighted by Crippen LogP contribution is -2.53. The van der Waals surface area contributed by atoms with Crippen LogP contribution in [0, 0.1) is 0 Å². The maximum atomic E-state index is 10.9. The molecule has 0 bridgehead atoms. The third-order valence-corrected chi connectivity index (χ3v) is 1.51. The summed E-state index contributed by atoms with van der Waals surface area (Å²) in [5.74, 6) is -1.18. The molecule has 0 aliphatic carbocycles. The molecule has 1 saturated heterocycles. The minimum atomic E-state index is -0.959. The van der Waals surface area contributed by atoms with Gasteiger partial charge in [0.05, 0.1) is 12.5 Å². The number of carbonyl (C=O) groups excluding carboxylic acids is 1. The summed E-state index contributed by atoms with van der Waals surface area (Å²) in [6.07, 6.45) is -0.147. The summed E-state index contributed by atoms with van der Waals surface area (Å²) in [4.78, 5) is 21.1. The average molecular weight is 158 g/mol. The molecule has 1 atom stereocenters. The van der Waals surface area contributed by atoms with Crippen molar-refractivity contribution in [3.05, 3.63) is 0 Å². The molecule has 0 saturated carbocycles. The minimum absolute atomic E-state index is 0.147. The fourth-order valence-electron chi connectivity index (χ4n) is 0.987. The van der Waals surface area contributed by atoms with Gasteiger partial charge in [-0.05, 0) is 0 Å². The lowest BCUT2D eigenvalue weighted by Gasteiger charge is -2.21. The Kier molecular flexibility index (Phi) is 2.43. The van der Waals surface area contributed by atoms with E-state index in [0.717, 1.165) is 0 Å². The number of rotatable bonds is 2. The zero-order chi connectivity index (χ0) is 8.27. The largest absolute Gasteiger partial charge is 0.481 e. The molecule has 0 aromatic rings. The minimum Gasteiger partial charge on any atom is -0.481 e. The molecule has 0 spiro atoms. The van der Waals surface area contributed by atoms with Gasteiger partial charge in [-0.3, -0.25) is 9.59 Å². The monoisotopic (exact) mass is 158 g/mol. The van der Waals surface area contributed by atoms with Crippen LogP contribution in [0.5, 0.6) is 0 Å². The number of aliphatic carboxylic acids is 1. The summed E-state index contributed by atoms with van der Waals surface area (Å²) in [7, 11) is 0. The van der Waals surface area contributed by atoms with Gasteiger partial charge in [0.2, 0.25) is 5.91 Å². The number of amides is 1. The molecule has 1 aliphatic heterocycles. The van der Waals surface area contributed by atoms with Gasteiger partial charge in [-0.2, -0.15) is 0 Å². The van der Waals surface area contributed by atoms with Gasteiger partial charge in [-0.15, -0.1) is 0 Å². The molecule has 0 aromatic carbocycles. The number of hydrogen-bond donors (Lipinski definition) is 3. The van der Waals surface area contributed by atoms with Crippen molar-refractivity contribution in [2.24, 2.45) is 0 Å². The van der Waals surface area contributed by atoms with Crippen LogP contribution in [0.3, 0.4) is 0 Å². The van der Waals surface area contributed by atoms with Gasteiger partial charge in [0.15, 0.2) is 0 Å². The summed E-state index contributed by atoms with van der Waals surface area (Å²) < 4.78 is 0. The number of carbonyl (C=O) groups is 2. The van der Waals surface area contributed by atoms with Crippen LogP contribution in [0.2, 0.25) is 0 Å². The topological polar surface area (TPSA) is 78.4 Å². The Morgan fingerprint density at radius 1 is 1.64 bits per heavy atom. The van der Waals surface area contributed by atoms with E-state index in [1.165, 1.54) is 0 Å². The van der Waals surface area contributed by atoms with Crippen LogP contribution in [0.4, 0.5) is 0 Å². The molecule has 1 amide bonds. The molecular weight excluding hydrogens is 148 g/mol. The number of piperazine rings is 1. The van der Waals surface area contributed by atoms with E-state index in [2.05, 4.69) is 10.6 Å². The fourth-order valence-corrected chi connectivity index (χ4v) is 0.987. The first-order valence-electron chi connectivity index (χ1n) is 3.43. The summed E-state index contributed by atoms with van der Waals surface area (Å²) >= 11 is 0. The van der Waals surface area contributed by atoms with Crippen molar-refractivity contribution in [1.29, 1.82) is 0 Å². The molecule has 1 heterocycles. The van der Waals surface area contributed by atoms with Crippen molar-refractivity contribution in [2.75, 3.05) is 13.1 Å². The number of hydrogen-bond acceptors (Lipinski definition) is 3. The van der Waals surface area contributed by atoms with E-state index in [1.54, 1.807) is 0 Å². The Balaban J connectivity index is 2.42. The second-order valence-corrected chi connectivity index (χ2v) is 2.40. The van der Waals surface area contributed by atoms with Gasteiger partial charge in [0, 0.05) is 13.1 Å². The lowest BCUT2D eigenvalue weighted by molar-refractivity contribution is -0.140. The van der Waals surface area contributed by atoms with E-state index in [-0.39, 0.29) is 12.3 Å². The van der Waals surface area contributed by atoms with Crippen LogP contribution in [0.25, 0.3) is 0 Å². The van der Waals surface area contributed by atoms with E-state index >= 15 is 0 Å². The third kappa shape index (κ3) is 2.19. The van der Waals surface area contributed by atoms with Crippen molar-refractivity contribution in [3.8, 4) is 0 Å². The second kappa shape index (κ2) is 3.34. The van der Waals surface area contributed by atoms with Crippen LogP contribution in [0.15, 0.2) is 0 Å². The maximum absolute atomic E-state index is 10.9. The smallest absolute Gasteiger partial charge is 0.305 e. The highest BCUT2D eigenvalue weighted by Crippen LogP contribution is 1.94.